The van der Waals surface area contributed by atoms with Crippen LogP contribution in [0.15, 0.2) is 43.5 Å². The van der Waals surface area contributed by atoms with Gasteiger partial charge in [-0.1, -0.05) is 37.8 Å². The van der Waals surface area contributed by atoms with Crippen LogP contribution in [0.5, 0.6) is 0 Å². The third kappa shape index (κ3) is 3.78. The fourth-order valence-corrected chi connectivity index (χ4v) is 6.53. The maximum absolute atomic E-state index is 14.4. The van der Waals surface area contributed by atoms with Gasteiger partial charge >= 0.3 is 5.97 Å². The molecule has 3 aliphatic rings. The van der Waals surface area contributed by atoms with Crippen molar-refractivity contribution in [3.8, 4) is 0 Å². The predicted molar refractivity (Wildman–Crippen MR) is 135 cm³/mol. The summed E-state index contributed by atoms with van der Waals surface area (Å²) in [6.45, 7) is 13.2. The number of benzene rings is 1. The van der Waals surface area contributed by atoms with Gasteiger partial charge in [-0.3, -0.25) is 14.4 Å². The summed E-state index contributed by atoms with van der Waals surface area (Å²) in [6, 6.07) is 4.89. The lowest BCUT2D eigenvalue weighted by atomic mass is 9.65. The van der Waals surface area contributed by atoms with Crippen LogP contribution in [0.3, 0.4) is 0 Å². The molecule has 3 aliphatic heterocycles. The average molecular weight is 497 g/mol. The van der Waals surface area contributed by atoms with E-state index >= 15 is 0 Å². The van der Waals surface area contributed by atoms with Gasteiger partial charge in [-0.05, 0) is 50.3 Å². The Hall–Kier alpha value is -2.97. The number of hydrogen-bond acceptors (Lipinski definition) is 6. The van der Waals surface area contributed by atoms with Crippen molar-refractivity contribution in [2.75, 3.05) is 31.2 Å². The van der Waals surface area contributed by atoms with Crippen molar-refractivity contribution in [1.29, 1.82) is 0 Å². The number of aliphatic hydroxyl groups excluding tert-OH is 1. The SMILES string of the molecule is C=CCOC(=O)[C@H]1[C@H]2C(=O)N(CCO)C(C(=O)N(CC=C)c3cc(C)ccc3C)C23CC[C@]1(CC)O3. The summed E-state index contributed by atoms with van der Waals surface area (Å²) in [5, 5.41) is 9.82. The molecule has 1 aromatic carbocycles. The summed E-state index contributed by atoms with van der Waals surface area (Å²) in [5.41, 5.74) is 0.599. The van der Waals surface area contributed by atoms with Crippen molar-refractivity contribution in [1.82, 2.24) is 4.90 Å². The van der Waals surface area contributed by atoms with E-state index in [1.165, 1.54) is 11.0 Å². The Labute approximate surface area is 212 Å². The number of esters is 1. The number of amides is 2. The number of ether oxygens (including phenoxy) is 2. The molecule has 1 aromatic rings. The van der Waals surface area contributed by atoms with Crippen molar-refractivity contribution in [3.05, 3.63) is 54.6 Å². The number of β-amino-alcohol motifs (C(OH)–C–C–N with tert-alkyl or cyclic N) is 1. The molecule has 3 heterocycles. The Morgan fingerprint density at radius 3 is 2.67 bits per heavy atom. The van der Waals surface area contributed by atoms with Gasteiger partial charge in [0.15, 0.2) is 0 Å². The minimum Gasteiger partial charge on any atom is -0.461 e. The lowest BCUT2D eigenvalue weighted by molar-refractivity contribution is -0.160. The van der Waals surface area contributed by atoms with Gasteiger partial charge in [0.05, 0.1) is 18.1 Å². The number of aryl methyl sites for hydroxylation is 2. The number of fused-ring (bicyclic) bond motifs is 1. The second-order valence-electron chi connectivity index (χ2n) is 10.0. The first kappa shape index (κ1) is 26.1. The Morgan fingerprint density at radius 1 is 1.28 bits per heavy atom. The summed E-state index contributed by atoms with van der Waals surface area (Å²) in [7, 11) is 0. The lowest BCUT2D eigenvalue weighted by Crippen LogP contribution is -2.57. The van der Waals surface area contributed by atoms with Crippen molar-refractivity contribution < 1.29 is 29.0 Å². The van der Waals surface area contributed by atoms with Crippen LogP contribution in [0.25, 0.3) is 0 Å². The molecule has 194 valence electrons. The van der Waals surface area contributed by atoms with Crippen LogP contribution in [0.1, 0.15) is 37.3 Å². The normalized spacial score (nSPS) is 30.3. The first-order valence-corrected chi connectivity index (χ1v) is 12.6. The Morgan fingerprint density at radius 2 is 2.03 bits per heavy atom. The van der Waals surface area contributed by atoms with Crippen molar-refractivity contribution in [2.24, 2.45) is 11.8 Å². The van der Waals surface area contributed by atoms with Crippen molar-refractivity contribution in [3.63, 3.8) is 0 Å². The highest BCUT2D eigenvalue weighted by Crippen LogP contribution is 2.64. The lowest BCUT2D eigenvalue weighted by Gasteiger charge is -2.37. The van der Waals surface area contributed by atoms with Gasteiger partial charge in [0.2, 0.25) is 5.91 Å². The van der Waals surface area contributed by atoms with Gasteiger partial charge in [-0.2, -0.15) is 0 Å². The number of carbonyl (C=O) groups excluding carboxylic acids is 3. The smallest absolute Gasteiger partial charge is 0.313 e. The van der Waals surface area contributed by atoms with Crippen LogP contribution < -0.4 is 4.90 Å². The average Bonchev–Trinajstić information content (AvgIpc) is 3.46. The first-order valence-electron chi connectivity index (χ1n) is 12.6. The molecule has 3 fully saturated rings. The monoisotopic (exact) mass is 496 g/mol. The molecule has 0 aliphatic carbocycles. The van der Waals surface area contributed by atoms with E-state index in [0.717, 1.165) is 16.8 Å². The van der Waals surface area contributed by atoms with Crippen LogP contribution in [-0.2, 0) is 23.9 Å². The molecule has 3 saturated heterocycles. The van der Waals surface area contributed by atoms with E-state index in [4.69, 9.17) is 9.47 Å². The number of carbonyl (C=O) groups is 3. The van der Waals surface area contributed by atoms with Gasteiger partial charge in [0.25, 0.3) is 5.91 Å². The first-order chi connectivity index (χ1) is 17.2. The van der Waals surface area contributed by atoms with Gasteiger partial charge in [0, 0.05) is 18.8 Å². The van der Waals surface area contributed by atoms with Crippen LogP contribution >= 0.6 is 0 Å². The Kier molecular flexibility index (Phi) is 7.12. The molecule has 2 bridgehead atoms. The Balaban J connectivity index is 1.82. The zero-order chi connectivity index (χ0) is 26.3. The molecule has 1 spiro atoms. The molecule has 8 nitrogen and oxygen atoms in total. The summed E-state index contributed by atoms with van der Waals surface area (Å²) < 4.78 is 12.1. The zero-order valence-electron chi connectivity index (χ0n) is 21.4. The third-order valence-corrected chi connectivity index (χ3v) is 8.09. The van der Waals surface area contributed by atoms with Gasteiger partial charge < -0.3 is 24.4 Å². The summed E-state index contributed by atoms with van der Waals surface area (Å²) in [5.74, 6) is -2.84. The van der Waals surface area contributed by atoms with E-state index < -0.39 is 35.0 Å². The highest BCUT2D eigenvalue weighted by molar-refractivity contribution is 6.05. The molecule has 0 radical (unpaired) electrons. The molecule has 36 heavy (non-hydrogen) atoms. The van der Waals surface area contributed by atoms with Crippen LogP contribution in [0.4, 0.5) is 5.69 Å². The molecule has 2 unspecified atom stereocenters. The van der Waals surface area contributed by atoms with Crippen molar-refractivity contribution in [2.45, 2.75) is 57.3 Å². The summed E-state index contributed by atoms with van der Waals surface area (Å²) >= 11 is 0. The van der Waals surface area contributed by atoms with Gasteiger partial charge in [0.1, 0.15) is 24.2 Å². The molecule has 4 rings (SSSR count). The fraction of sp³-hybridized carbons (Fsp3) is 0.536. The van der Waals surface area contributed by atoms with E-state index in [1.807, 2.05) is 39.0 Å². The molecule has 0 aromatic heterocycles. The van der Waals surface area contributed by atoms with Crippen LogP contribution in [0, 0.1) is 25.7 Å². The number of rotatable bonds is 10. The maximum atomic E-state index is 14.4. The van der Waals surface area contributed by atoms with E-state index in [2.05, 4.69) is 13.2 Å². The highest BCUT2D eigenvalue weighted by atomic mass is 16.6. The minimum absolute atomic E-state index is 0.0286. The van der Waals surface area contributed by atoms with Crippen molar-refractivity contribution >= 4 is 23.5 Å². The van der Waals surface area contributed by atoms with E-state index in [0.29, 0.717) is 19.3 Å². The molecular formula is C28H36N2O6. The second-order valence-corrected chi connectivity index (χ2v) is 10.0. The van der Waals surface area contributed by atoms with Crippen LogP contribution in [0.2, 0.25) is 0 Å². The topological polar surface area (TPSA) is 96.4 Å². The third-order valence-electron chi connectivity index (χ3n) is 8.09. The number of aliphatic hydroxyl groups is 1. The second kappa shape index (κ2) is 9.82. The fourth-order valence-electron chi connectivity index (χ4n) is 6.53. The van der Waals surface area contributed by atoms with Crippen LogP contribution in [-0.4, -0.2) is 71.3 Å². The largest absolute Gasteiger partial charge is 0.461 e. The Bertz CT molecular complexity index is 1090. The molecule has 2 amide bonds. The number of likely N-dealkylation sites (tertiary alicyclic amines) is 1. The summed E-state index contributed by atoms with van der Waals surface area (Å²) in [6.07, 6.45) is 4.66. The molecule has 8 heteroatoms. The van der Waals surface area contributed by atoms with E-state index in [-0.39, 0.29) is 38.1 Å². The van der Waals surface area contributed by atoms with Gasteiger partial charge in [-0.15, -0.1) is 6.58 Å². The van der Waals surface area contributed by atoms with E-state index in [9.17, 15) is 19.5 Å². The summed E-state index contributed by atoms with van der Waals surface area (Å²) in [4.78, 5) is 44.6. The van der Waals surface area contributed by atoms with E-state index in [1.54, 1.807) is 11.0 Å². The molecule has 5 atom stereocenters. The molecular weight excluding hydrogens is 460 g/mol. The minimum atomic E-state index is -1.17. The molecule has 0 saturated carbocycles. The predicted octanol–water partition coefficient (Wildman–Crippen LogP) is 2.70. The number of nitrogens with zero attached hydrogens (tertiary/aromatic N) is 2. The highest BCUT2D eigenvalue weighted by Gasteiger charge is 2.79. The zero-order valence-corrected chi connectivity index (χ0v) is 21.4. The van der Waals surface area contributed by atoms with Gasteiger partial charge in [-0.25, -0.2) is 0 Å². The quantitative estimate of drug-likeness (QED) is 0.395. The number of hydrogen-bond donors (Lipinski definition) is 1. The maximum Gasteiger partial charge on any atom is 0.313 e. The molecule has 1 N–H and O–H groups in total. The standard InChI is InChI=1S/C28H36N2O6/c1-6-13-29(20-17-18(4)9-10-19(20)5)25(33)23-28-12-11-27(8-3,36-28)22(26(34)35-16-7-2)21(28)24(32)30(23)14-15-31/h6-7,9-10,17,21-23,31H,1-2,8,11-16H2,3-5H3/t21-,22+,23?,27-,28?/m0/s1. The number of anilines is 1.